The zero-order chi connectivity index (χ0) is 20.6. The van der Waals surface area contributed by atoms with Crippen LogP contribution < -0.4 is 0 Å². The van der Waals surface area contributed by atoms with E-state index in [-0.39, 0.29) is 12.0 Å². The summed E-state index contributed by atoms with van der Waals surface area (Å²) >= 11 is 0. The molecule has 29 heavy (non-hydrogen) atoms. The smallest absolute Gasteiger partial charge is 0.223 e. The van der Waals surface area contributed by atoms with Gasteiger partial charge >= 0.3 is 0 Å². The van der Waals surface area contributed by atoms with E-state index in [4.69, 9.17) is 10.00 Å². The summed E-state index contributed by atoms with van der Waals surface area (Å²) in [6, 6.07) is 12.3. The topological polar surface area (TPSA) is 71.2 Å². The molecule has 1 aliphatic heterocycles. The summed E-state index contributed by atoms with van der Waals surface area (Å²) in [5.41, 5.74) is 4.25. The summed E-state index contributed by atoms with van der Waals surface area (Å²) in [5.74, 6) is 0.146. The van der Waals surface area contributed by atoms with E-state index in [1.54, 1.807) is 0 Å². The van der Waals surface area contributed by atoms with Crippen molar-refractivity contribution in [2.24, 2.45) is 0 Å². The highest BCUT2D eigenvalue weighted by atomic mass is 16.5. The van der Waals surface area contributed by atoms with E-state index in [0.29, 0.717) is 38.9 Å². The summed E-state index contributed by atoms with van der Waals surface area (Å²) < 4.78 is 7.66. The third kappa shape index (κ3) is 5.68. The van der Waals surface area contributed by atoms with Gasteiger partial charge < -0.3 is 9.64 Å². The lowest BCUT2D eigenvalue weighted by molar-refractivity contribution is -0.133. The quantitative estimate of drug-likeness (QED) is 0.652. The normalized spacial score (nSPS) is 16.0. The van der Waals surface area contributed by atoms with Crippen LogP contribution >= 0.6 is 0 Å². The Morgan fingerprint density at radius 2 is 2.14 bits per heavy atom. The number of rotatable bonds is 9. The summed E-state index contributed by atoms with van der Waals surface area (Å²) in [6.07, 6.45) is 3.78. The molecule has 0 spiro atoms. The molecule has 1 aliphatic rings. The number of aryl methyl sites for hydroxylation is 2. The minimum atomic E-state index is 0.139. The monoisotopic (exact) mass is 394 g/mol. The second kappa shape index (κ2) is 10.2. The van der Waals surface area contributed by atoms with E-state index in [1.807, 2.05) is 41.6 Å². The Kier molecular flexibility index (Phi) is 7.42. The molecular weight excluding hydrogens is 364 g/mol. The zero-order valence-electron chi connectivity index (χ0n) is 17.4. The molecule has 1 unspecified atom stereocenters. The SMILES string of the molecule is Cc1nn(CCC#N)c(C)c1CCC(=O)N(Cc1ccccc1)CC1CCCO1. The fourth-order valence-corrected chi connectivity index (χ4v) is 3.95. The minimum Gasteiger partial charge on any atom is -0.376 e. The molecule has 6 nitrogen and oxygen atoms in total. The molecule has 0 bridgehead atoms. The Labute approximate surface area is 173 Å². The van der Waals surface area contributed by atoms with Crippen LogP contribution in [0.2, 0.25) is 0 Å². The maximum Gasteiger partial charge on any atom is 0.223 e. The highest BCUT2D eigenvalue weighted by Gasteiger charge is 2.23. The summed E-state index contributed by atoms with van der Waals surface area (Å²) in [5, 5.41) is 13.4. The maximum absolute atomic E-state index is 13.1. The molecule has 1 saturated heterocycles. The molecule has 1 atom stereocenters. The Morgan fingerprint density at radius 3 is 2.83 bits per heavy atom. The van der Waals surface area contributed by atoms with E-state index >= 15 is 0 Å². The third-order valence-electron chi connectivity index (χ3n) is 5.57. The Hall–Kier alpha value is -2.65. The number of hydrogen-bond donors (Lipinski definition) is 0. The van der Waals surface area contributed by atoms with Crippen molar-refractivity contribution >= 4 is 5.91 Å². The summed E-state index contributed by atoms with van der Waals surface area (Å²) in [6.45, 7) is 6.63. The van der Waals surface area contributed by atoms with Gasteiger partial charge in [0.2, 0.25) is 5.91 Å². The molecule has 6 heteroatoms. The van der Waals surface area contributed by atoms with E-state index in [2.05, 4.69) is 23.3 Å². The van der Waals surface area contributed by atoms with Crippen molar-refractivity contribution in [3.8, 4) is 6.07 Å². The first kappa shape index (κ1) is 21.1. The molecule has 1 amide bonds. The third-order valence-corrected chi connectivity index (χ3v) is 5.57. The molecule has 1 aromatic carbocycles. The van der Waals surface area contributed by atoms with Crippen LogP contribution in [0.25, 0.3) is 0 Å². The number of carbonyl (C=O) groups excluding carboxylic acids is 1. The van der Waals surface area contributed by atoms with Crippen LogP contribution in [0.3, 0.4) is 0 Å². The average molecular weight is 395 g/mol. The van der Waals surface area contributed by atoms with Gasteiger partial charge in [-0.2, -0.15) is 10.4 Å². The fourth-order valence-electron chi connectivity index (χ4n) is 3.95. The van der Waals surface area contributed by atoms with Crippen LogP contribution in [0, 0.1) is 25.2 Å². The van der Waals surface area contributed by atoms with Crippen LogP contribution in [-0.2, 0) is 29.0 Å². The largest absolute Gasteiger partial charge is 0.376 e. The van der Waals surface area contributed by atoms with Crippen LogP contribution in [0.5, 0.6) is 0 Å². The van der Waals surface area contributed by atoms with Crippen LogP contribution in [-0.4, -0.2) is 39.8 Å². The van der Waals surface area contributed by atoms with Crippen molar-refractivity contribution in [3.05, 3.63) is 52.8 Å². The van der Waals surface area contributed by atoms with Crippen LogP contribution in [0.4, 0.5) is 0 Å². The molecule has 154 valence electrons. The highest BCUT2D eigenvalue weighted by molar-refractivity contribution is 5.76. The van der Waals surface area contributed by atoms with Gasteiger partial charge in [0.25, 0.3) is 0 Å². The first-order valence-corrected chi connectivity index (χ1v) is 10.4. The molecule has 3 rings (SSSR count). The number of aromatic nitrogens is 2. The van der Waals surface area contributed by atoms with Gasteiger partial charge in [0.05, 0.1) is 30.8 Å². The van der Waals surface area contributed by atoms with Crippen molar-refractivity contribution in [3.63, 3.8) is 0 Å². The number of carbonyl (C=O) groups is 1. The van der Waals surface area contributed by atoms with Gasteiger partial charge in [0.1, 0.15) is 0 Å². The van der Waals surface area contributed by atoms with Crippen molar-refractivity contribution < 1.29 is 9.53 Å². The van der Waals surface area contributed by atoms with E-state index in [0.717, 1.165) is 42.0 Å². The molecule has 2 aromatic rings. The second-order valence-electron chi connectivity index (χ2n) is 7.68. The lowest BCUT2D eigenvalue weighted by Crippen LogP contribution is -2.37. The van der Waals surface area contributed by atoms with E-state index in [9.17, 15) is 4.79 Å². The van der Waals surface area contributed by atoms with Crippen molar-refractivity contribution in [1.82, 2.24) is 14.7 Å². The average Bonchev–Trinajstić information content (AvgIpc) is 3.33. The number of hydrogen-bond acceptors (Lipinski definition) is 4. The van der Waals surface area contributed by atoms with Gasteiger partial charge in [-0.25, -0.2) is 0 Å². The molecule has 1 fully saturated rings. The predicted molar refractivity (Wildman–Crippen MR) is 111 cm³/mol. The molecular formula is C23H30N4O2. The van der Waals surface area contributed by atoms with Gasteiger partial charge in [0, 0.05) is 31.8 Å². The Morgan fingerprint density at radius 1 is 1.34 bits per heavy atom. The molecule has 0 aliphatic carbocycles. The Balaban J connectivity index is 1.66. The van der Waals surface area contributed by atoms with Gasteiger partial charge in [-0.3, -0.25) is 9.48 Å². The van der Waals surface area contributed by atoms with Crippen molar-refractivity contribution in [2.75, 3.05) is 13.2 Å². The van der Waals surface area contributed by atoms with Crippen molar-refractivity contribution in [1.29, 1.82) is 5.26 Å². The number of benzene rings is 1. The van der Waals surface area contributed by atoms with Gasteiger partial charge in [-0.1, -0.05) is 30.3 Å². The summed E-state index contributed by atoms with van der Waals surface area (Å²) in [7, 11) is 0. The Bertz CT molecular complexity index is 848. The molecule has 1 aromatic heterocycles. The number of nitriles is 1. The second-order valence-corrected chi connectivity index (χ2v) is 7.68. The van der Waals surface area contributed by atoms with Crippen LogP contribution in [0.15, 0.2) is 30.3 Å². The number of nitrogens with zero attached hydrogens (tertiary/aromatic N) is 4. The zero-order valence-corrected chi connectivity index (χ0v) is 17.4. The summed E-state index contributed by atoms with van der Waals surface area (Å²) in [4.78, 5) is 15.1. The lowest BCUT2D eigenvalue weighted by Gasteiger charge is -2.26. The minimum absolute atomic E-state index is 0.139. The molecule has 2 heterocycles. The van der Waals surface area contributed by atoms with Crippen LogP contribution in [0.1, 0.15) is 48.2 Å². The standard InChI is InChI=1S/C23H30N4O2/c1-18-22(19(2)27(25-18)14-7-13-24)11-12-23(28)26(17-21-10-6-15-29-21)16-20-8-4-3-5-9-20/h3-5,8-9,21H,6-7,10-12,14-17H2,1-2H3. The van der Waals surface area contributed by atoms with Crippen molar-refractivity contribution in [2.45, 2.75) is 65.1 Å². The van der Waals surface area contributed by atoms with E-state index < -0.39 is 0 Å². The number of amides is 1. The number of ether oxygens (including phenoxy) is 1. The van der Waals surface area contributed by atoms with Gasteiger partial charge in [-0.15, -0.1) is 0 Å². The first-order chi connectivity index (χ1) is 14.1. The lowest BCUT2D eigenvalue weighted by atomic mass is 10.1. The maximum atomic E-state index is 13.1. The highest BCUT2D eigenvalue weighted by Crippen LogP contribution is 2.19. The first-order valence-electron chi connectivity index (χ1n) is 10.4. The van der Waals surface area contributed by atoms with E-state index in [1.165, 1.54) is 0 Å². The molecule has 0 saturated carbocycles. The predicted octanol–water partition coefficient (Wildman–Crippen LogP) is 3.55. The molecule has 0 N–H and O–H groups in total. The van der Waals surface area contributed by atoms with Gasteiger partial charge in [-0.05, 0) is 44.2 Å². The molecule has 0 radical (unpaired) electrons. The fraction of sp³-hybridized carbons (Fsp3) is 0.522. The van der Waals surface area contributed by atoms with Gasteiger partial charge in [0.15, 0.2) is 0 Å².